The Morgan fingerprint density at radius 3 is 2.86 bits per heavy atom. The fourth-order valence-corrected chi connectivity index (χ4v) is 3.64. The molecule has 0 spiro atoms. The number of nitrogens with one attached hydrogen (secondary N) is 2. The van der Waals surface area contributed by atoms with Gasteiger partial charge in [-0.25, -0.2) is 19.3 Å². The highest BCUT2D eigenvalue weighted by atomic mass is 19.1. The van der Waals surface area contributed by atoms with Crippen LogP contribution in [-0.4, -0.2) is 24.9 Å². The van der Waals surface area contributed by atoms with Gasteiger partial charge in [0.15, 0.2) is 11.5 Å². The van der Waals surface area contributed by atoms with Gasteiger partial charge in [0, 0.05) is 17.1 Å². The van der Waals surface area contributed by atoms with Crippen molar-refractivity contribution < 1.29 is 4.39 Å². The molecule has 0 aliphatic heterocycles. The lowest BCUT2D eigenvalue weighted by molar-refractivity contribution is 0.629. The molecule has 3 heterocycles. The van der Waals surface area contributed by atoms with E-state index in [1.165, 1.54) is 37.7 Å². The number of aryl methyl sites for hydroxylation is 1. The van der Waals surface area contributed by atoms with Crippen LogP contribution in [0.2, 0.25) is 0 Å². The largest absolute Gasteiger partial charge is 0.362 e. The number of pyridine rings is 1. The Balaban J connectivity index is 1.67. The van der Waals surface area contributed by atoms with Crippen molar-refractivity contribution in [2.24, 2.45) is 0 Å². The number of hydrogen-bond donors (Lipinski definition) is 2. The summed E-state index contributed by atoms with van der Waals surface area (Å²) in [6.45, 7) is 4.29. The molecule has 0 saturated heterocycles. The van der Waals surface area contributed by atoms with Crippen LogP contribution in [0.15, 0.2) is 36.9 Å². The minimum atomic E-state index is -0.261. The van der Waals surface area contributed by atoms with Crippen molar-refractivity contribution in [3.8, 4) is 0 Å². The van der Waals surface area contributed by atoms with E-state index in [1.807, 2.05) is 0 Å². The monoisotopic (exact) mass is 392 g/mol. The van der Waals surface area contributed by atoms with Crippen LogP contribution in [0.5, 0.6) is 0 Å². The lowest BCUT2D eigenvalue weighted by atomic mass is 9.99. The zero-order chi connectivity index (χ0) is 20.2. The predicted molar refractivity (Wildman–Crippen MR) is 113 cm³/mol. The highest BCUT2D eigenvalue weighted by molar-refractivity contribution is 5.83. The molecule has 0 aliphatic rings. The molecule has 4 rings (SSSR count). The van der Waals surface area contributed by atoms with Gasteiger partial charge < -0.3 is 10.3 Å². The molecule has 4 aromatic rings. The summed E-state index contributed by atoms with van der Waals surface area (Å²) in [6.07, 6.45) is 8.63. The number of fused-ring (bicyclic) bond motifs is 2. The summed E-state index contributed by atoms with van der Waals surface area (Å²) < 4.78 is 13.7. The third-order valence-electron chi connectivity index (χ3n) is 5.20. The second-order valence-electron chi connectivity index (χ2n) is 7.36. The van der Waals surface area contributed by atoms with Crippen molar-refractivity contribution in [1.82, 2.24) is 24.9 Å². The fraction of sp³-hybridized carbons (Fsp3) is 0.364. The Morgan fingerprint density at radius 1 is 1.10 bits per heavy atom. The van der Waals surface area contributed by atoms with E-state index in [4.69, 9.17) is 4.98 Å². The van der Waals surface area contributed by atoms with Gasteiger partial charge in [0.1, 0.15) is 17.7 Å². The third kappa shape index (κ3) is 4.18. The van der Waals surface area contributed by atoms with E-state index in [1.54, 1.807) is 12.4 Å². The van der Waals surface area contributed by atoms with Crippen LogP contribution in [0.1, 0.15) is 56.8 Å². The molecule has 7 heteroatoms. The maximum atomic E-state index is 13.7. The average molecular weight is 392 g/mol. The van der Waals surface area contributed by atoms with E-state index in [2.05, 4.69) is 45.2 Å². The molecule has 1 aromatic carbocycles. The molecule has 2 N–H and O–H groups in total. The quantitative estimate of drug-likeness (QED) is 0.396. The van der Waals surface area contributed by atoms with Gasteiger partial charge in [0.2, 0.25) is 0 Å². The van der Waals surface area contributed by atoms with Gasteiger partial charge in [0.25, 0.3) is 0 Å². The molecule has 0 radical (unpaired) electrons. The summed E-state index contributed by atoms with van der Waals surface area (Å²) in [5.74, 6) is 0.419. The van der Waals surface area contributed by atoms with E-state index in [-0.39, 0.29) is 11.9 Å². The van der Waals surface area contributed by atoms with Crippen LogP contribution in [0.4, 0.5) is 10.2 Å². The summed E-state index contributed by atoms with van der Waals surface area (Å²) in [5, 5.41) is 4.39. The Labute approximate surface area is 169 Å². The summed E-state index contributed by atoms with van der Waals surface area (Å²) in [6, 6.07) is 6.84. The zero-order valence-electron chi connectivity index (χ0n) is 16.7. The van der Waals surface area contributed by atoms with E-state index >= 15 is 0 Å². The molecule has 0 aliphatic carbocycles. The van der Waals surface area contributed by atoms with Crippen molar-refractivity contribution in [2.45, 2.75) is 52.0 Å². The maximum Gasteiger partial charge on any atom is 0.162 e. The average Bonchev–Trinajstić information content (AvgIpc) is 3.20. The molecule has 150 valence electrons. The normalized spacial score (nSPS) is 12.5. The Hall–Kier alpha value is -3.09. The van der Waals surface area contributed by atoms with Crippen LogP contribution in [0.3, 0.4) is 0 Å². The first-order valence-electron chi connectivity index (χ1n) is 10.2. The van der Waals surface area contributed by atoms with Gasteiger partial charge in [-0.05, 0) is 43.5 Å². The molecule has 1 atom stereocenters. The first-order valence-corrected chi connectivity index (χ1v) is 10.2. The Bertz CT molecular complexity index is 1120. The van der Waals surface area contributed by atoms with E-state index < -0.39 is 0 Å². The number of benzene rings is 1. The van der Waals surface area contributed by atoms with Gasteiger partial charge in [-0.1, -0.05) is 26.2 Å². The molecule has 1 unspecified atom stereocenters. The Kier molecular flexibility index (Phi) is 5.64. The Morgan fingerprint density at radius 2 is 2.00 bits per heavy atom. The highest BCUT2D eigenvalue weighted by Gasteiger charge is 2.16. The highest BCUT2D eigenvalue weighted by Crippen LogP contribution is 2.28. The van der Waals surface area contributed by atoms with E-state index in [9.17, 15) is 4.39 Å². The van der Waals surface area contributed by atoms with Crippen LogP contribution in [-0.2, 0) is 6.42 Å². The van der Waals surface area contributed by atoms with Crippen LogP contribution in [0.25, 0.3) is 22.1 Å². The number of unbranched alkanes of at least 4 members (excludes halogenated alkanes) is 3. The smallest absolute Gasteiger partial charge is 0.162 e. The number of H-pyrrole nitrogens is 1. The standard InChI is InChI=1S/C22H25FN6/c1-3-4-5-6-7-18-17(10-15-8-9-16(23)11-19(15)29-18)14(2)28-22-20-21(25-12-24-20)26-13-27-22/h8-14H,3-7H2,1-2H3,(H2,24,25,26,27,28). The topological polar surface area (TPSA) is 79.4 Å². The molecule has 0 saturated carbocycles. The molecular formula is C22H25FN6. The summed E-state index contributed by atoms with van der Waals surface area (Å²) in [7, 11) is 0. The van der Waals surface area contributed by atoms with Crippen molar-refractivity contribution in [3.63, 3.8) is 0 Å². The van der Waals surface area contributed by atoms with Crippen molar-refractivity contribution in [3.05, 3.63) is 54.0 Å². The maximum absolute atomic E-state index is 13.7. The summed E-state index contributed by atoms with van der Waals surface area (Å²) in [5.41, 5.74) is 4.21. The number of anilines is 1. The number of hydrogen-bond acceptors (Lipinski definition) is 5. The van der Waals surface area contributed by atoms with Crippen LogP contribution < -0.4 is 5.32 Å². The van der Waals surface area contributed by atoms with E-state index in [0.717, 1.165) is 29.5 Å². The lowest BCUT2D eigenvalue weighted by Gasteiger charge is -2.19. The molecular weight excluding hydrogens is 367 g/mol. The van der Waals surface area contributed by atoms with Crippen LogP contribution >= 0.6 is 0 Å². The SMILES string of the molecule is CCCCCCc1nc2cc(F)ccc2cc1C(C)Nc1ncnc2[nH]cnc12. The lowest BCUT2D eigenvalue weighted by Crippen LogP contribution is -2.12. The number of halogens is 1. The van der Waals surface area contributed by atoms with Gasteiger partial charge in [-0.2, -0.15) is 0 Å². The minimum absolute atomic E-state index is 0.0343. The predicted octanol–water partition coefficient (Wildman–Crippen LogP) is 5.34. The number of rotatable bonds is 8. The first kappa shape index (κ1) is 19.2. The minimum Gasteiger partial charge on any atom is -0.362 e. The summed E-state index contributed by atoms with van der Waals surface area (Å²) >= 11 is 0. The second kappa shape index (κ2) is 8.51. The van der Waals surface area contributed by atoms with Gasteiger partial charge in [0.05, 0.1) is 17.9 Å². The molecule has 0 amide bonds. The number of nitrogens with zero attached hydrogens (tertiary/aromatic N) is 4. The van der Waals surface area contributed by atoms with E-state index in [0.29, 0.717) is 22.5 Å². The van der Waals surface area contributed by atoms with Crippen molar-refractivity contribution in [2.75, 3.05) is 5.32 Å². The van der Waals surface area contributed by atoms with Crippen molar-refractivity contribution in [1.29, 1.82) is 0 Å². The molecule has 6 nitrogen and oxygen atoms in total. The zero-order valence-corrected chi connectivity index (χ0v) is 16.7. The molecule has 0 bridgehead atoms. The number of aromatic amines is 1. The fourth-order valence-electron chi connectivity index (χ4n) is 3.64. The third-order valence-corrected chi connectivity index (χ3v) is 5.20. The first-order chi connectivity index (χ1) is 14.2. The molecule has 29 heavy (non-hydrogen) atoms. The van der Waals surface area contributed by atoms with Gasteiger partial charge >= 0.3 is 0 Å². The van der Waals surface area contributed by atoms with Gasteiger partial charge in [-0.15, -0.1) is 0 Å². The summed E-state index contributed by atoms with van der Waals surface area (Å²) in [4.78, 5) is 20.7. The molecule has 0 fully saturated rings. The second-order valence-corrected chi connectivity index (χ2v) is 7.36. The van der Waals surface area contributed by atoms with Gasteiger partial charge in [-0.3, -0.25) is 4.98 Å². The number of imidazole rings is 1. The van der Waals surface area contributed by atoms with Crippen molar-refractivity contribution >= 4 is 27.9 Å². The number of aromatic nitrogens is 5. The molecule has 3 aromatic heterocycles. The van der Waals surface area contributed by atoms with Crippen LogP contribution in [0, 0.1) is 5.82 Å².